The summed E-state index contributed by atoms with van der Waals surface area (Å²) in [6, 6.07) is 0. The molecule has 8 rings (SSSR count). The highest BCUT2D eigenvalue weighted by molar-refractivity contribution is 6.38. The second kappa shape index (κ2) is 10.1. The van der Waals surface area contributed by atoms with Crippen molar-refractivity contribution in [1.82, 2.24) is 19.9 Å². The van der Waals surface area contributed by atoms with Crippen molar-refractivity contribution in [1.29, 1.82) is 0 Å². The molecule has 2 bridgehead atoms. The zero-order chi connectivity index (χ0) is 26.6. The molecule has 0 N–H and O–H groups in total. The molecule has 10 heteroatoms. The van der Waals surface area contributed by atoms with E-state index in [2.05, 4.69) is 23.3 Å². The lowest BCUT2D eigenvalue weighted by Gasteiger charge is -2.52. The van der Waals surface area contributed by atoms with Gasteiger partial charge in [-0.15, -0.1) is 5.10 Å². The van der Waals surface area contributed by atoms with Crippen molar-refractivity contribution in [2.45, 2.75) is 83.0 Å². The molecule has 0 amide bonds. The van der Waals surface area contributed by atoms with Crippen molar-refractivity contribution in [2.75, 3.05) is 19.8 Å². The number of ether oxygens (including phenoxy) is 3. The van der Waals surface area contributed by atoms with E-state index in [-0.39, 0.29) is 11.0 Å². The van der Waals surface area contributed by atoms with E-state index < -0.39 is 0 Å². The van der Waals surface area contributed by atoms with Crippen LogP contribution < -0.4 is 4.74 Å². The van der Waals surface area contributed by atoms with Crippen LogP contribution in [-0.4, -0.2) is 45.3 Å². The third kappa shape index (κ3) is 4.98. The quantitative estimate of drug-likeness (QED) is 0.265. The third-order valence-electron chi connectivity index (χ3n) is 9.28. The Labute approximate surface area is 238 Å². The molecule has 1 saturated heterocycles. The predicted molar refractivity (Wildman–Crippen MR) is 146 cm³/mol. The summed E-state index contributed by atoms with van der Waals surface area (Å²) in [6.45, 7) is 5.79. The van der Waals surface area contributed by atoms with Crippen molar-refractivity contribution in [3.63, 3.8) is 0 Å². The van der Waals surface area contributed by atoms with Crippen LogP contribution in [0.15, 0.2) is 23.1 Å². The summed E-state index contributed by atoms with van der Waals surface area (Å²) in [5.41, 5.74) is 3.50. The average molecular weight is 574 g/mol. The number of aromatic nitrogens is 4. The molecule has 5 fully saturated rings. The van der Waals surface area contributed by atoms with Gasteiger partial charge in [0.15, 0.2) is 0 Å². The van der Waals surface area contributed by atoms with Gasteiger partial charge in [-0.1, -0.05) is 28.4 Å². The third-order valence-corrected chi connectivity index (χ3v) is 9.85. The van der Waals surface area contributed by atoms with E-state index in [1.807, 2.05) is 4.68 Å². The van der Waals surface area contributed by atoms with Gasteiger partial charge in [-0.3, -0.25) is 9.67 Å². The Hall–Kier alpha value is -2.13. The maximum absolute atomic E-state index is 6.78. The number of halogens is 2. The van der Waals surface area contributed by atoms with E-state index in [9.17, 15) is 0 Å². The minimum absolute atomic E-state index is 0.120. The summed E-state index contributed by atoms with van der Waals surface area (Å²) in [5.74, 6) is 2.65. The molecule has 4 heterocycles. The molecule has 0 radical (unpaired) electrons. The molecule has 4 saturated carbocycles. The molecule has 1 aliphatic heterocycles. The number of hydrogen-bond donors (Lipinski definition) is 0. The van der Waals surface area contributed by atoms with Gasteiger partial charge in [0.05, 0.1) is 42.1 Å². The van der Waals surface area contributed by atoms with Crippen LogP contribution in [0.5, 0.6) is 5.88 Å². The first kappa shape index (κ1) is 25.8. The number of nitrogens with zero attached hydrogens (tertiary/aromatic N) is 4. The van der Waals surface area contributed by atoms with Crippen LogP contribution in [-0.2, 0) is 22.6 Å². The Kier molecular flexibility index (Phi) is 6.65. The lowest BCUT2D eigenvalue weighted by atomic mass is 9.59. The number of fused-ring (bicyclic) bond motifs is 3. The Morgan fingerprint density at radius 2 is 1.77 bits per heavy atom. The molecule has 4 aliphatic carbocycles. The Morgan fingerprint density at radius 1 is 1.05 bits per heavy atom. The van der Waals surface area contributed by atoms with Crippen molar-refractivity contribution in [3.05, 3.63) is 45.5 Å². The van der Waals surface area contributed by atoms with Gasteiger partial charge in [-0.25, -0.2) is 0 Å². The fourth-order valence-electron chi connectivity index (χ4n) is 6.46. The molecule has 0 atom stereocenters. The fraction of sp³-hybridized carbons (Fsp3) is 0.621. The minimum atomic E-state index is -0.120. The highest BCUT2D eigenvalue weighted by Gasteiger charge is 2.50. The monoisotopic (exact) mass is 572 g/mol. The van der Waals surface area contributed by atoms with Crippen LogP contribution in [0.1, 0.15) is 74.2 Å². The normalized spacial score (nSPS) is 26.6. The van der Waals surface area contributed by atoms with Crippen LogP contribution in [0.2, 0.25) is 10.0 Å². The first-order valence-corrected chi connectivity index (χ1v) is 14.8. The van der Waals surface area contributed by atoms with Gasteiger partial charge in [0.2, 0.25) is 5.88 Å². The zero-order valence-corrected chi connectivity index (χ0v) is 23.8. The summed E-state index contributed by atoms with van der Waals surface area (Å²) < 4.78 is 26.3. The molecule has 3 aromatic rings. The molecule has 8 nitrogen and oxygen atoms in total. The molecular formula is C29H34Cl2N4O4. The second-order valence-electron chi connectivity index (χ2n) is 12.1. The van der Waals surface area contributed by atoms with E-state index >= 15 is 0 Å². The van der Waals surface area contributed by atoms with E-state index in [4.69, 9.17) is 47.0 Å². The molecule has 39 heavy (non-hydrogen) atoms. The summed E-state index contributed by atoms with van der Waals surface area (Å²) in [4.78, 5) is 4.09. The van der Waals surface area contributed by atoms with Crippen molar-refractivity contribution in [2.24, 2.45) is 11.3 Å². The first-order valence-electron chi connectivity index (χ1n) is 14.1. The summed E-state index contributed by atoms with van der Waals surface area (Å²) in [7, 11) is 0. The fourth-order valence-corrected chi connectivity index (χ4v) is 7.01. The maximum atomic E-state index is 6.78. The van der Waals surface area contributed by atoms with Gasteiger partial charge < -0.3 is 18.7 Å². The van der Waals surface area contributed by atoms with Gasteiger partial charge in [0.25, 0.3) is 0 Å². The Balaban J connectivity index is 1.01. The van der Waals surface area contributed by atoms with E-state index in [1.165, 1.54) is 0 Å². The van der Waals surface area contributed by atoms with Gasteiger partial charge in [0.1, 0.15) is 11.5 Å². The van der Waals surface area contributed by atoms with Crippen LogP contribution in [0.4, 0.5) is 0 Å². The zero-order valence-electron chi connectivity index (χ0n) is 22.3. The van der Waals surface area contributed by atoms with Crippen molar-refractivity contribution < 1.29 is 18.7 Å². The van der Waals surface area contributed by atoms with Crippen LogP contribution in [0, 0.1) is 18.3 Å². The summed E-state index contributed by atoms with van der Waals surface area (Å²) in [6.07, 6.45) is 13.9. The molecule has 0 unspecified atom stereocenters. The van der Waals surface area contributed by atoms with E-state index in [1.54, 1.807) is 12.4 Å². The Bertz CT molecular complexity index is 1320. The van der Waals surface area contributed by atoms with Crippen LogP contribution in [0.3, 0.4) is 0 Å². The van der Waals surface area contributed by atoms with Crippen LogP contribution >= 0.6 is 23.2 Å². The topological polar surface area (TPSA) is 84.4 Å². The van der Waals surface area contributed by atoms with Gasteiger partial charge >= 0.3 is 0 Å². The van der Waals surface area contributed by atoms with Crippen molar-refractivity contribution in [3.8, 4) is 17.1 Å². The van der Waals surface area contributed by atoms with E-state index in [0.29, 0.717) is 46.4 Å². The first-order chi connectivity index (χ1) is 18.9. The van der Waals surface area contributed by atoms with E-state index in [0.717, 1.165) is 93.9 Å². The summed E-state index contributed by atoms with van der Waals surface area (Å²) >= 11 is 13.0. The number of aryl methyl sites for hydroxylation is 1. The number of rotatable bonds is 10. The Morgan fingerprint density at radius 3 is 2.41 bits per heavy atom. The second-order valence-corrected chi connectivity index (χ2v) is 12.9. The highest BCUT2D eigenvalue weighted by atomic mass is 35.5. The SMILES string of the molecule is Cc1cn(CC2COC2)nc1OCC12CCC(OCc3c(-c4c(Cl)cncc4Cl)noc3C3CC3)(CC1)CC2. The molecule has 5 aliphatic rings. The van der Waals surface area contributed by atoms with Crippen molar-refractivity contribution >= 4 is 23.2 Å². The minimum Gasteiger partial charge on any atom is -0.476 e. The standard InChI is InChI=1S/C29H34Cl2N4O4/c1-18-12-35(13-19-14-36-15-19)33-27(18)37-17-28-4-7-29(8-5-28,9-6-28)38-16-21-25(34-39-26(21)20-2-3-20)24-22(30)10-32-11-23(24)31/h10-12,19-20H,2-9,13-17H2,1H3. The largest absolute Gasteiger partial charge is 0.476 e. The van der Waals surface area contributed by atoms with Gasteiger partial charge in [0, 0.05) is 59.1 Å². The molecule has 0 aromatic carbocycles. The number of hydrogen-bond acceptors (Lipinski definition) is 7. The predicted octanol–water partition coefficient (Wildman–Crippen LogP) is 6.76. The lowest BCUT2D eigenvalue weighted by Crippen LogP contribution is -2.49. The summed E-state index contributed by atoms with van der Waals surface area (Å²) in [5, 5.41) is 10.1. The van der Waals surface area contributed by atoms with Crippen LogP contribution in [0.25, 0.3) is 11.3 Å². The molecule has 208 valence electrons. The van der Waals surface area contributed by atoms with Gasteiger partial charge in [-0.2, -0.15) is 0 Å². The molecule has 0 spiro atoms. The lowest BCUT2D eigenvalue weighted by molar-refractivity contribution is -0.150. The van der Waals surface area contributed by atoms with Gasteiger partial charge in [-0.05, 0) is 58.3 Å². The number of pyridine rings is 1. The molecule has 3 aromatic heterocycles. The smallest absolute Gasteiger partial charge is 0.235 e. The average Bonchev–Trinajstić information content (AvgIpc) is 3.58. The molecular weight excluding hydrogens is 539 g/mol. The highest BCUT2D eigenvalue weighted by Crippen LogP contribution is 2.55. The maximum Gasteiger partial charge on any atom is 0.235 e.